The average molecular weight is 310 g/mol. The largest absolute Gasteiger partial charge is 0.330 e. The third-order valence-corrected chi connectivity index (χ3v) is 5.49. The van der Waals surface area contributed by atoms with E-state index in [0.717, 1.165) is 0 Å². The van der Waals surface area contributed by atoms with Crippen LogP contribution in [0.15, 0.2) is 23.1 Å². The van der Waals surface area contributed by atoms with Gasteiger partial charge < -0.3 is 5.73 Å². The maximum atomic E-state index is 12.2. The Hall–Kier alpha value is -0.290. The van der Waals surface area contributed by atoms with Gasteiger partial charge in [0.1, 0.15) is 4.90 Å². The first-order valence-electron chi connectivity index (χ1n) is 5.56. The van der Waals surface area contributed by atoms with E-state index in [1.807, 2.05) is 13.8 Å². The van der Waals surface area contributed by atoms with E-state index in [1.165, 1.54) is 12.1 Å². The molecule has 1 aromatic rings. The van der Waals surface area contributed by atoms with Gasteiger partial charge in [-0.2, -0.15) is 0 Å². The van der Waals surface area contributed by atoms with Crippen LogP contribution >= 0.6 is 23.2 Å². The van der Waals surface area contributed by atoms with Crippen LogP contribution in [-0.2, 0) is 9.84 Å². The second-order valence-corrected chi connectivity index (χ2v) is 7.85. The van der Waals surface area contributed by atoms with Gasteiger partial charge in [0.2, 0.25) is 0 Å². The Morgan fingerprint density at radius 1 is 1.22 bits per heavy atom. The molecule has 0 spiro atoms. The molecule has 0 aromatic heterocycles. The number of hydrogen-bond donors (Lipinski definition) is 1. The normalized spacial score (nSPS) is 12.7. The molecule has 0 atom stereocenters. The molecule has 0 saturated heterocycles. The average Bonchev–Trinajstić information content (AvgIpc) is 2.26. The first kappa shape index (κ1) is 15.8. The number of benzene rings is 1. The van der Waals surface area contributed by atoms with Crippen LogP contribution in [0.3, 0.4) is 0 Å². The zero-order chi connectivity index (χ0) is 14.0. The summed E-state index contributed by atoms with van der Waals surface area (Å²) in [5, 5.41) is 0.320. The van der Waals surface area contributed by atoms with Crippen LogP contribution in [0.4, 0.5) is 0 Å². The Morgan fingerprint density at radius 3 is 2.17 bits per heavy atom. The fourth-order valence-corrected chi connectivity index (χ4v) is 4.25. The molecule has 0 amide bonds. The van der Waals surface area contributed by atoms with Crippen LogP contribution in [0.1, 0.15) is 20.3 Å². The Kier molecular flexibility index (Phi) is 5.06. The van der Waals surface area contributed by atoms with Crippen molar-refractivity contribution in [3.8, 4) is 0 Å². The predicted molar refractivity (Wildman–Crippen MR) is 76.0 cm³/mol. The van der Waals surface area contributed by atoms with Gasteiger partial charge in [-0.1, -0.05) is 43.1 Å². The lowest BCUT2D eigenvalue weighted by molar-refractivity contribution is 0.365. The summed E-state index contributed by atoms with van der Waals surface area (Å²) in [5.74, 6) is -0.0132. The van der Waals surface area contributed by atoms with Crippen LogP contribution < -0.4 is 5.73 Å². The first-order valence-corrected chi connectivity index (χ1v) is 7.97. The maximum Gasteiger partial charge on any atom is 0.181 e. The van der Waals surface area contributed by atoms with Crippen molar-refractivity contribution in [3.63, 3.8) is 0 Å². The molecule has 0 bridgehead atoms. The van der Waals surface area contributed by atoms with Crippen molar-refractivity contribution in [2.75, 3.05) is 12.3 Å². The van der Waals surface area contributed by atoms with E-state index in [2.05, 4.69) is 0 Å². The SMILES string of the molecule is CC(C)(CN)CCS(=O)(=O)c1c(Cl)cccc1Cl. The molecule has 0 aliphatic heterocycles. The molecule has 0 radical (unpaired) electrons. The quantitative estimate of drug-likeness (QED) is 0.909. The molecular formula is C12H17Cl2NO2S. The summed E-state index contributed by atoms with van der Waals surface area (Å²) >= 11 is 11.8. The van der Waals surface area contributed by atoms with Crippen LogP contribution in [0.2, 0.25) is 10.0 Å². The maximum absolute atomic E-state index is 12.2. The molecule has 0 unspecified atom stereocenters. The van der Waals surface area contributed by atoms with Crippen LogP contribution in [0.5, 0.6) is 0 Å². The third kappa shape index (κ3) is 3.85. The Morgan fingerprint density at radius 2 is 1.72 bits per heavy atom. The van der Waals surface area contributed by atoms with Gasteiger partial charge in [-0.15, -0.1) is 0 Å². The Balaban J connectivity index is 3.01. The second kappa shape index (κ2) is 5.78. The molecule has 3 nitrogen and oxygen atoms in total. The topological polar surface area (TPSA) is 60.2 Å². The molecule has 18 heavy (non-hydrogen) atoms. The summed E-state index contributed by atoms with van der Waals surface area (Å²) in [5.41, 5.74) is 5.37. The van der Waals surface area contributed by atoms with E-state index in [4.69, 9.17) is 28.9 Å². The lowest BCUT2D eigenvalue weighted by Gasteiger charge is -2.22. The number of hydrogen-bond acceptors (Lipinski definition) is 3. The molecule has 6 heteroatoms. The van der Waals surface area contributed by atoms with Crippen molar-refractivity contribution in [3.05, 3.63) is 28.2 Å². The molecule has 0 saturated carbocycles. The molecule has 1 aromatic carbocycles. The van der Waals surface area contributed by atoms with Crippen LogP contribution in [0.25, 0.3) is 0 Å². The van der Waals surface area contributed by atoms with E-state index in [1.54, 1.807) is 6.07 Å². The third-order valence-electron chi connectivity index (χ3n) is 2.83. The lowest BCUT2D eigenvalue weighted by Crippen LogP contribution is -2.26. The van der Waals surface area contributed by atoms with Gasteiger partial charge in [-0.05, 0) is 30.5 Å². The van der Waals surface area contributed by atoms with E-state index < -0.39 is 9.84 Å². The molecular weight excluding hydrogens is 293 g/mol. The summed E-state index contributed by atoms with van der Waals surface area (Å²) in [6.07, 6.45) is 0.466. The number of halogens is 2. The lowest BCUT2D eigenvalue weighted by atomic mass is 9.91. The van der Waals surface area contributed by atoms with Gasteiger partial charge in [-0.3, -0.25) is 0 Å². The van der Waals surface area contributed by atoms with E-state index in [9.17, 15) is 8.42 Å². The highest BCUT2D eigenvalue weighted by atomic mass is 35.5. The highest BCUT2D eigenvalue weighted by Gasteiger charge is 2.25. The van der Waals surface area contributed by atoms with Gasteiger partial charge in [0, 0.05) is 0 Å². The Bertz CT molecular complexity index is 507. The van der Waals surface area contributed by atoms with Crippen molar-refractivity contribution in [1.29, 1.82) is 0 Å². The summed E-state index contributed by atoms with van der Waals surface area (Å²) in [7, 11) is -3.48. The number of nitrogens with two attached hydrogens (primary N) is 1. The fourth-order valence-electron chi connectivity index (χ4n) is 1.39. The van der Waals surface area contributed by atoms with Crippen molar-refractivity contribution < 1.29 is 8.42 Å². The van der Waals surface area contributed by atoms with E-state index in [-0.39, 0.29) is 26.1 Å². The highest BCUT2D eigenvalue weighted by Crippen LogP contribution is 2.31. The van der Waals surface area contributed by atoms with Crippen molar-refractivity contribution in [2.24, 2.45) is 11.1 Å². The molecule has 0 heterocycles. The van der Waals surface area contributed by atoms with Gasteiger partial charge in [0.15, 0.2) is 9.84 Å². The zero-order valence-corrected chi connectivity index (χ0v) is 12.7. The summed E-state index contributed by atoms with van der Waals surface area (Å²) < 4.78 is 24.5. The van der Waals surface area contributed by atoms with Crippen LogP contribution in [0, 0.1) is 5.41 Å². The second-order valence-electron chi connectivity index (χ2n) is 4.99. The minimum Gasteiger partial charge on any atom is -0.330 e. The van der Waals surface area contributed by atoms with E-state index >= 15 is 0 Å². The van der Waals surface area contributed by atoms with Crippen LogP contribution in [-0.4, -0.2) is 20.7 Å². The summed E-state index contributed by atoms with van der Waals surface area (Å²) in [4.78, 5) is 0.0150. The van der Waals surface area contributed by atoms with Crippen molar-refractivity contribution in [1.82, 2.24) is 0 Å². The fraction of sp³-hybridized carbons (Fsp3) is 0.500. The number of sulfone groups is 1. The first-order chi connectivity index (χ1) is 8.19. The molecule has 1 rings (SSSR count). The predicted octanol–water partition coefficient (Wildman–Crippen LogP) is 3.14. The molecule has 2 N–H and O–H groups in total. The zero-order valence-electron chi connectivity index (χ0n) is 10.4. The minimum absolute atomic E-state index is 0.0132. The Labute approximate surface area is 118 Å². The van der Waals surface area contributed by atoms with Gasteiger partial charge in [0.05, 0.1) is 15.8 Å². The smallest absolute Gasteiger partial charge is 0.181 e. The van der Waals surface area contributed by atoms with Gasteiger partial charge >= 0.3 is 0 Å². The van der Waals surface area contributed by atoms with Gasteiger partial charge in [0.25, 0.3) is 0 Å². The molecule has 0 fully saturated rings. The van der Waals surface area contributed by atoms with E-state index in [0.29, 0.717) is 13.0 Å². The highest BCUT2D eigenvalue weighted by molar-refractivity contribution is 7.91. The minimum atomic E-state index is -3.48. The molecule has 102 valence electrons. The summed E-state index contributed by atoms with van der Waals surface area (Å²) in [6.45, 7) is 4.28. The molecule has 0 aliphatic rings. The monoisotopic (exact) mass is 309 g/mol. The van der Waals surface area contributed by atoms with Gasteiger partial charge in [-0.25, -0.2) is 8.42 Å². The standard InChI is InChI=1S/C12H17Cl2NO2S/c1-12(2,8-15)6-7-18(16,17)11-9(13)4-3-5-10(11)14/h3-5H,6-8,15H2,1-2H3. The van der Waals surface area contributed by atoms with Crippen molar-refractivity contribution >= 4 is 33.0 Å². The molecule has 0 aliphatic carbocycles. The number of rotatable bonds is 5. The van der Waals surface area contributed by atoms with Crippen molar-refractivity contribution in [2.45, 2.75) is 25.2 Å². The summed E-state index contributed by atoms with van der Waals surface area (Å²) in [6, 6.07) is 4.66.